The van der Waals surface area contributed by atoms with Crippen molar-refractivity contribution in [1.29, 1.82) is 5.26 Å². The fourth-order valence-electron chi connectivity index (χ4n) is 3.79. The number of aromatic nitrogens is 2. The maximum absolute atomic E-state index is 12.5. The highest BCUT2D eigenvalue weighted by Gasteiger charge is 2.25. The van der Waals surface area contributed by atoms with E-state index in [1.54, 1.807) is 67.6 Å². The Kier molecular flexibility index (Phi) is 8.24. The van der Waals surface area contributed by atoms with Crippen molar-refractivity contribution >= 4 is 52.1 Å². The smallest absolute Gasteiger partial charge is 0.334 e. The molecule has 0 saturated heterocycles. The molecular formula is C27H21Cl2N7O3. The number of hydrogen-bond acceptors (Lipinski definition) is 8. The van der Waals surface area contributed by atoms with Gasteiger partial charge in [0, 0.05) is 21.3 Å². The molecule has 39 heavy (non-hydrogen) atoms. The summed E-state index contributed by atoms with van der Waals surface area (Å²) in [6, 6.07) is 19.3. The zero-order chi connectivity index (χ0) is 28.1. The predicted molar refractivity (Wildman–Crippen MR) is 149 cm³/mol. The number of carbonyl (C=O) groups excluding carboxylic acids is 1. The molecule has 0 saturated carbocycles. The molecule has 4 aromatic rings. The number of hydrogen-bond donors (Lipinski definition) is 3. The van der Waals surface area contributed by atoms with E-state index in [1.165, 1.54) is 0 Å². The summed E-state index contributed by atoms with van der Waals surface area (Å²) in [4.78, 5) is 31.7. The van der Waals surface area contributed by atoms with E-state index < -0.39 is 22.4 Å². The first kappa shape index (κ1) is 27.3. The highest BCUT2D eigenvalue weighted by Crippen LogP contribution is 2.37. The molecule has 1 aromatic heterocycles. The van der Waals surface area contributed by atoms with Crippen molar-refractivity contribution in [2.24, 2.45) is 0 Å². The number of nitriles is 1. The number of carbonyl (C=O) groups is 1. The molecule has 196 valence electrons. The number of anilines is 3. The molecule has 0 radical (unpaired) electrons. The van der Waals surface area contributed by atoms with Gasteiger partial charge in [-0.2, -0.15) is 5.26 Å². The third-order valence-electron chi connectivity index (χ3n) is 5.85. The summed E-state index contributed by atoms with van der Waals surface area (Å²) < 4.78 is 0. The van der Waals surface area contributed by atoms with E-state index in [2.05, 4.69) is 32.2 Å². The Morgan fingerprint density at radius 2 is 1.69 bits per heavy atom. The molecule has 3 aromatic carbocycles. The molecule has 0 aliphatic heterocycles. The zero-order valence-electron chi connectivity index (χ0n) is 20.7. The minimum atomic E-state index is -0.666. The van der Waals surface area contributed by atoms with Gasteiger partial charge in [0.1, 0.15) is 6.33 Å². The molecule has 0 spiro atoms. The van der Waals surface area contributed by atoms with Crippen LogP contribution in [0.2, 0.25) is 10.0 Å². The molecule has 0 aliphatic rings. The van der Waals surface area contributed by atoms with Gasteiger partial charge in [0.2, 0.25) is 11.6 Å². The van der Waals surface area contributed by atoms with Crippen molar-refractivity contribution in [1.82, 2.24) is 15.4 Å². The zero-order valence-corrected chi connectivity index (χ0v) is 22.2. The quantitative estimate of drug-likeness (QED) is 0.164. The van der Waals surface area contributed by atoms with E-state index in [-0.39, 0.29) is 16.7 Å². The standard InChI is InChI=1S/C27H21Cl2N7O3/c1-15-3-5-18(6-4-15)27(37)35-34-26-24(36(38)39)25(31-14-32-26)33-23-12-22(29)20(11-16(23)2)21(13-30)17-7-9-19(28)10-8-17/h3-12,14,21H,1-2H3,(H,35,37)(H2,31,32,33,34). The number of nitrogens with one attached hydrogen (secondary N) is 3. The average Bonchev–Trinajstić information content (AvgIpc) is 2.91. The molecule has 12 heteroatoms. The van der Waals surface area contributed by atoms with Crippen LogP contribution in [0.1, 0.15) is 38.5 Å². The van der Waals surface area contributed by atoms with Crippen LogP contribution in [0.5, 0.6) is 0 Å². The van der Waals surface area contributed by atoms with Crippen LogP contribution in [-0.4, -0.2) is 20.8 Å². The Hall–Kier alpha value is -4.72. The van der Waals surface area contributed by atoms with Gasteiger partial charge < -0.3 is 5.32 Å². The van der Waals surface area contributed by atoms with E-state index in [4.69, 9.17) is 23.2 Å². The molecular weight excluding hydrogens is 541 g/mol. The summed E-state index contributed by atoms with van der Waals surface area (Å²) in [7, 11) is 0. The van der Waals surface area contributed by atoms with Gasteiger partial charge in [-0.25, -0.2) is 9.97 Å². The topological polar surface area (TPSA) is 146 Å². The Bertz CT molecular complexity index is 1590. The minimum absolute atomic E-state index is 0.122. The van der Waals surface area contributed by atoms with Crippen molar-refractivity contribution in [2.75, 3.05) is 10.7 Å². The van der Waals surface area contributed by atoms with Crippen LogP contribution < -0.4 is 16.2 Å². The first-order valence-electron chi connectivity index (χ1n) is 11.5. The Labute approximate surface area is 233 Å². The van der Waals surface area contributed by atoms with Crippen LogP contribution in [-0.2, 0) is 0 Å². The summed E-state index contributed by atoms with van der Waals surface area (Å²) in [5.41, 5.74) is 8.18. The summed E-state index contributed by atoms with van der Waals surface area (Å²) in [6.45, 7) is 3.66. The Morgan fingerprint density at radius 3 is 2.33 bits per heavy atom. The second-order valence-electron chi connectivity index (χ2n) is 8.55. The first-order chi connectivity index (χ1) is 18.7. The summed E-state index contributed by atoms with van der Waals surface area (Å²) >= 11 is 12.5. The number of hydrazine groups is 1. The number of aryl methyl sites for hydroxylation is 2. The Balaban J connectivity index is 1.60. The van der Waals surface area contributed by atoms with E-state index in [9.17, 15) is 20.2 Å². The number of benzene rings is 3. The third-order valence-corrected chi connectivity index (χ3v) is 6.43. The van der Waals surface area contributed by atoms with Crippen LogP contribution in [0.25, 0.3) is 0 Å². The maximum Gasteiger partial charge on any atom is 0.355 e. The highest BCUT2D eigenvalue weighted by molar-refractivity contribution is 6.32. The second-order valence-corrected chi connectivity index (χ2v) is 9.39. The average molecular weight is 562 g/mol. The van der Waals surface area contributed by atoms with Crippen LogP contribution in [0.3, 0.4) is 0 Å². The Morgan fingerprint density at radius 1 is 1.03 bits per heavy atom. The molecule has 1 unspecified atom stereocenters. The van der Waals surface area contributed by atoms with Gasteiger partial charge in [-0.15, -0.1) is 0 Å². The highest BCUT2D eigenvalue weighted by atomic mass is 35.5. The molecule has 0 aliphatic carbocycles. The third kappa shape index (κ3) is 6.23. The lowest BCUT2D eigenvalue weighted by Crippen LogP contribution is -2.30. The summed E-state index contributed by atoms with van der Waals surface area (Å²) in [5, 5.41) is 25.6. The fourth-order valence-corrected chi connectivity index (χ4v) is 4.19. The van der Waals surface area contributed by atoms with Crippen LogP contribution in [0.4, 0.5) is 23.0 Å². The molecule has 1 amide bonds. The molecule has 10 nitrogen and oxygen atoms in total. The van der Waals surface area contributed by atoms with Gasteiger partial charge in [-0.1, -0.05) is 59.1 Å². The van der Waals surface area contributed by atoms with Gasteiger partial charge in [0.15, 0.2) is 0 Å². The van der Waals surface area contributed by atoms with E-state index >= 15 is 0 Å². The fraction of sp³-hybridized carbons (Fsp3) is 0.111. The van der Waals surface area contributed by atoms with Gasteiger partial charge in [-0.3, -0.25) is 25.8 Å². The van der Waals surface area contributed by atoms with Crippen LogP contribution in [0, 0.1) is 35.3 Å². The summed E-state index contributed by atoms with van der Waals surface area (Å²) in [6.07, 6.45) is 1.12. The molecule has 1 heterocycles. The minimum Gasteiger partial charge on any atom is -0.334 e. The molecule has 4 rings (SSSR count). The number of rotatable bonds is 8. The van der Waals surface area contributed by atoms with Crippen molar-refractivity contribution in [3.05, 3.63) is 115 Å². The van der Waals surface area contributed by atoms with Crippen LogP contribution >= 0.6 is 23.2 Å². The maximum atomic E-state index is 12.5. The van der Waals surface area contributed by atoms with Crippen molar-refractivity contribution in [3.63, 3.8) is 0 Å². The molecule has 0 fully saturated rings. The van der Waals surface area contributed by atoms with E-state index in [0.29, 0.717) is 27.4 Å². The number of halogens is 2. The lowest BCUT2D eigenvalue weighted by atomic mass is 9.91. The lowest BCUT2D eigenvalue weighted by Gasteiger charge is -2.17. The van der Waals surface area contributed by atoms with Crippen molar-refractivity contribution < 1.29 is 9.72 Å². The normalized spacial score (nSPS) is 11.3. The predicted octanol–water partition coefficient (Wildman–Crippen LogP) is 6.46. The van der Waals surface area contributed by atoms with Gasteiger partial charge in [0.05, 0.1) is 16.9 Å². The SMILES string of the molecule is Cc1ccc(C(=O)NNc2ncnc(Nc3cc(Cl)c(C(C#N)c4ccc(Cl)cc4)cc3C)c2[N+](=O)[O-])cc1. The van der Waals surface area contributed by atoms with E-state index in [0.717, 1.165) is 17.5 Å². The van der Waals surface area contributed by atoms with Gasteiger partial charge in [0.25, 0.3) is 5.91 Å². The van der Waals surface area contributed by atoms with Gasteiger partial charge in [-0.05, 0) is 60.9 Å². The monoisotopic (exact) mass is 561 g/mol. The van der Waals surface area contributed by atoms with Crippen LogP contribution in [0.15, 0.2) is 67.0 Å². The van der Waals surface area contributed by atoms with Crippen molar-refractivity contribution in [2.45, 2.75) is 19.8 Å². The van der Waals surface area contributed by atoms with Crippen molar-refractivity contribution in [3.8, 4) is 6.07 Å². The number of nitrogens with zero attached hydrogens (tertiary/aromatic N) is 4. The molecule has 3 N–H and O–H groups in total. The summed E-state index contributed by atoms with van der Waals surface area (Å²) in [5.74, 6) is -1.48. The van der Waals surface area contributed by atoms with E-state index in [1.807, 2.05) is 6.92 Å². The number of nitro groups is 1. The number of amides is 1. The lowest BCUT2D eigenvalue weighted by molar-refractivity contribution is -0.383. The largest absolute Gasteiger partial charge is 0.355 e. The second kappa shape index (κ2) is 11.8. The first-order valence-corrected chi connectivity index (χ1v) is 12.3. The molecule has 0 bridgehead atoms. The van der Waals surface area contributed by atoms with Gasteiger partial charge >= 0.3 is 5.69 Å². The molecule has 1 atom stereocenters.